The molecule has 0 saturated carbocycles. The Kier molecular flexibility index (Phi) is 3.67. The van der Waals surface area contributed by atoms with E-state index in [9.17, 15) is 0 Å². The summed E-state index contributed by atoms with van der Waals surface area (Å²) in [5.41, 5.74) is 1.22. The number of hydrogen-bond acceptors (Lipinski definition) is 5. The molecule has 105 valence electrons. The lowest BCUT2D eigenvalue weighted by Crippen LogP contribution is -2.42. The molecule has 0 spiro atoms. The second-order valence-electron chi connectivity index (χ2n) is 5.47. The van der Waals surface area contributed by atoms with Gasteiger partial charge in [-0.15, -0.1) is 0 Å². The minimum absolute atomic E-state index is 0.464. The molecule has 1 saturated heterocycles. The quantitative estimate of drug-likeness (QED) is 0.829. The van der Waals surface area contributed by atoms with Crippen LogP contribution in [0.2, 0.25) is 0 Å². The van der Waals surface area contributed by atoms with Crippen LogP contribution in [0.5, 0.6) is 0 Å². The van der Waals surface area contributed by atoms with E-state index in [-0.39, 0.29) is 0 Å². The van der Waals surface area contributed by atoms with Gasteiger partial charge in [0.2, 0.25) is 0 Å². The molecule has 0 aromatic carbocycles. The zero-order chi connectivity index (χ0) is 14.1. The number of nitrogens with zero attached hydrogens (tertiary/aromatic N) is 3. The average molecular weight is 272 g/mol. The van der Waals surface area contributed by atoms with Gasteiger partial charge in [0, 0.05) is 19.3 Å². The summed E-state index contributed by atoms with van der Waals surface area (Å²) in [4.78, 5) is 9.10. The Morgan fingerprint density at radius 3 is 2.90 bits per heavy atom. The van der Waals surface area contributed by atoms with Gasteiger partial charge >= 0.3 is 7.48 Å². The van der Waals surface area contributed by atoms with Gasteiger partial charge in [0.05, 0.1) is 11.0 Å². The first-order valence-corrected chi connectivity index (χ1v) is 6.96. The first kappa shape index (κ1) is 13.5. The number of furan rings is 1. The van der Waals surface area contributed by atoms with Crippen LogP contribution in [0.25, 0.3) is 11.0 Å². The van der Waals surface area contributed by atoms with E-state index in [0.29, 0.717) is 11.7 Å². The molecule has 2 aromatic rings. The maximum absolute atomic E-state index is 9.09. The van der Waals surface area contributed by atoms with Crippen molar-refractivity contribution in [1.29, 1.82) is 0 Å². The Labute approximate surface area is 119 Å². The van der Waals surface area contributed by atoms with E-state index in [2.05, 4.69) is 28.9 Å². The van der Waals surface area contributed by atoms with Crippen molar-refractivity contribution in [3.05, 3.63) is 18.3 Å². The average Bonchev–Trinajstić information content (AvgIpc) is 2.90. The van der Waals surface area contributed by atoms with Gasteiger partial charge in [-0.25, -0.2) is 4.98 Å². The number of hydrogen-bond donors (Lipinski definition) is 1. The monoisotopic (exact) mass is 272 g/mol. The van der Waals surface area contributed by atoms with Gasteiger partial charge in [0.25, 0.3) is 0 Å². The lowest BCUT2D eigenvalue weighted by molar-refractivity contribution is 0.252. The van der Waals surface area contributed by atoms with Crippen LogP contribution < -0.4 is 10.6 Å². The summed E-state index contributed by atoms with van der Waals surface area (Å²) in [7, 11) is 5.24. The van der Waals surface area contributed by atoms with Gasteiger partial charge in [0.15, 0.2) is 0 Å². The summed E-state index contributed by atoms with van der Waals surface area (Å²) < 4.78 is 5.53. The molecule has 3 rings (SSSR count). The van der Waals surface area contributed by atoms with Crippen LogP contribution in [0.4, 0.5) is 5.82 Å². The van der Waals surface area contributed by atoms with E-state index >= 15 is 0 Å². The first-order valence-electron chi connectivity index (χ1n) is 6.96. The molecule has 5 nitrogen and oxygen atoms in total. The van der Waals surface area contributed by atoms with E-state index in [1.165, 1.54) is 0 Å². The molecule has 1 N–H and O–H groups in total. The summed E-state index contributed by atoms with van der Waals surface area (Å²) in [6, 6.07) is 4.16. The molecule has 20 heavy (non-hydrogen) atoms. The molecule has 0 atom stereocenters. The van der Waals surface area contributed by atoms with Crippen molar-refractivity contribution in [3.8, 4) is 0 Å². The molecular formula is C14H19BN3O2. The van der Waals surface area contributed by atoms with Gasteiger partial charge < -0.3 is 19.2 Å². The maximum atomic E-state index is 9.09. The van der Waals surface area contributed by atoms with Gasteiger partial charge in [-0.3, -0.25) is 0 Å². The van der Waals surface area contributed by atoms with Crippen LogP contribution in [0.3, 0.4) is 0 Å². The van der Waals surface area contributed by atoms with E-state index in [1.54, 1.807) is 6.20 Å². The largest absolute Gasteiger partial charge is 0.468 e. The Balaban J connectivity index is 1.90. The third-order valence-electron chi connectivity index (χ3n) is 4.14. The standard InChI is InChI=1S/C14H19BN3O2/c1-17-7-4-10(5-8-17)18(2)14-11-9-13(15-19)20-12(11)3-6-16-14/h3,6,9-10,19H,4-5,7-8H2,1-2H3. The minimum atomic E-state index is 0.464. The van der Waals surface area contributed by atoms with E-state index in [0.717, 1.165) is 50.2 Å². The van der Waals surface area contributed by atoms with Crippen molar-refractivity contribution < 1.29 is 9.44 Å². The van der Waals surface area contributed by atoms with Crippen molar-refractivity contribution >= 4 is 29.9 Å². The van der Waals surface area contributed by atoms with Crippen LogP contribution in [-0.2, 0) is 0 Å². The Morgan fingerprint density at radius 1 is 1.45 bits per heavy atom. The Bertz CT molecular complexity index is 593. The van der Waals surface area contributed by atoms with Crippen molar-refractivity contribution in [2.24, 2.45) is 0 Å². The number of piperidine rings is 1. The van der Waals surface area contributed by atoms with Crippen molar-refractivity contribution in [3.63, 3.8) is 0 Å². The fourth-order valence-corrected chi connectivity index (χ4v) is 2.87. The molecule has 0 aliphatic carbocycles. The van der Waals surface area contributed by atoms with E-state index in [1.807, 2.05) is 12.1 Å². The fourth-order valence-electron chi connectivity index (χ4n) is 2.87. The summed E-state index contributed by atoms with van der Waals surface area (Å²) in [6.07, 6.45) is 4.04. The van der Waals surface area contributed by atoms with E-state index < -0.39 is 0 Å². The van der Waals surface area contributed by atoms with Crippen molar-refractivity contribution in [2.45, 2.75) is 18.9 Å². The lowest BCUT2D eigenvalue weighted by atomic mass is 9.98. The summed E-state index contributed by atoms with van der Waals surface area (Å²) >= 11 is 0. The summed E-state index contributed by atoms with van der Waals surface area (Å²) in [6.45, 7) is 2.23. The molecule has 3 heterocycles. The van der Waals surface area contributed by atoms with E-state index in [4.69, 9.17) is 9.44 Å². The number of rotatable bonds is 3. The molecule has 1 aliphatic heterocycles. The highest BCUT2D eigenvalue weighted by molar-refractivity contribution is 6.44. The van der Waals surface area contributed by atoms with Crippen LogP contribution in [0.1, 0.15) is 12.8 Å². The molecule has 1 fully saturated rings. The minimum Gasteiger partial charge on any atom is -0.468 e. The molecule has 2 aromatic heterocycles. The van der Waals surface area contributed by atoms with Gasteiger partial charge in [0.1, 0.15) is 11.4 Å². The third kappa shape index (κ3) is 2.41. The SMILES string of the molecule is CN1CCC(N(C)c2nccc3oc([B]O)cc23)CC1. The number of pyridine rings is 1. The fraction of sp³-hybridized carbons (Fsp3) is 0.500. The molecule has 0 bridgehead atoms. The van der Waals surface area contributed by atoms with Gasteiger partial charge in [-0.2, -0.15) is 0 Å². The Morgan fingerprint density at radius 2 is 2.20 bits per heavy atom. The number of fused-ring (bicyclic) bond motifs is 1. The van der Waals surface area contributed by atoms with Crippen LogP contribution in [0.15, 0.2) is 22.7 Å². The highest BCUT2D eigenvalue weighted by Gasteiger charge is 2.23. The normalized spacial score (nSPS) is 17.6. The van der Waals surface area contributed by atoms with Crippen LogP contribution >= 0.6 is 0 Å². The molecule has 6 heteroatoms. The highest BCUT2D eigenvalue weighted by Crippen LogP contribution is 2.27. The topological polar surface area (TPSA) is 52.7 Å². The number of aromatic nitrogens is 1. The maximum Gasteiger partial charge on any atom is 0.373 e. The summed E-state index contributed by atoms with van der Waals surface area (Å²) in [5, 5.41) is 10.0. The molecule has 1 radical (unpaired) electrons. The predicted octanol–water partition coefficient (Wildman–Crippen LogP) is 0.595. The van der Waals surface area contributed by atoms with Crippen LogP contribution in [-0.4, -0.2) is 55.6 Å². The Hall–Kier alpha value is -1.53. The predicted molar refractivity (Wildman–Crippen MR) is 80.5 cm³/mol. The number of anilines is 1. The first-order chi connectivity index (χ1) is 9.69. The molecular weight excluding hydrogens is 253 g/mol. The smallest absolute Gasteiger partial charge is 0.373 e. The number of likely N-dealkylation sites (tertiary alicyclic amines) is 1. The molecule has 1 aliphatic rings. The lowest BCUT2D eigenvalue weighted by Gasteiger charge is -2.35. The second kappa shape index (κ2) is 5.46. The van der Waals surface area contributed by atoms with Crippen molar-refractivity contribution in [1.82, 2.24) is 9.88 Å². The zero-order valence-electron chi connectivity index (χ0n) is 11.9. The summed E-state index contributed by atoms with van der Waals surface area (Å²) in [5.74, 6) is 0.925. The zero-order valence-corrected chi connectivity index (χ0v) is 11.9. The second-order valence-corrected chi connectivity index (χ2v) is 5.47. The van der Waals surface area contributed by atoms with Gasteiger partial charge in [-0.05, 0) is 45.1 Å². The highest BCUT2D eigenvalue weighted by atomic mass is 16.3. The molecule has 0 amide bonds. The van der Waals surface area contributed by atoms with Crippen molar-refractivity contribution in [2.75, 3.05) is 32.1 Å². The third-order valence-corrected chi connectivity index (χ3v) is 4.14. The van der Waals surface area contributed by atoms with Crippen LogP contribution in [0, 0.1) is 0 Å². The molecule has 0 unspecified atom stereocenters. The van der Waals surface area contributed by atoms with Gasteiger partial charge in [-0.1, -0.05) is 0 Å².